The molecular formula is C26H23N5S. The molecule has 0 fully saturated rings. The van der Waals surface area contributed by atoms with Crippen molar-refractivity contribution in [3.05, 3.63) is 82.8 Å². The highest BCUT2D eigenvalue weighted by Gasteiger charge is 2.17. The van der Waals surface area contributed by atoms with Gasteiger partial charge in [-0.05, 0) is 64.7 Å². The Morgan fingerprint density at radius 1 is 1.06 bits per heavy atom. The molecule has 32 heavy (non-hydrogen) atoms. The quantitative estimate of drug-likeness (QED) is 0.376. The first-order chi connectivity index (χ1) is 15.8. The molecule has 0 saturated heterocycles. The van der Waals surface area contributed by atoms with Crippen LogP contribution in [0.15, 0.2) is 71.7 Å². The summed E-state index contributed by atoms with van der Waals surface area (Å²) in [6, 6.07) is 17.1. The van der Waals surface area contributed by atoms with Crippen LogP contribution in [0.2, 0.25) is 0 Å². The van der Waals surface area contributed by atoms with Gasteiger partial charge in [-0.1, -0.05) is 24.3 Å². The Morgan fingerprint density at radius 2 is 2.00 bits per heavy atom. The van der Waals surface area contributed by atoms with E-state index in [1.807, 2.05) is 6.20 Å². The maximum atomic E-state index is 5.03. The predicted molar refractivity (Wildman–Crippen MR) is 132 cm³/mol. The normalized spacial score (nSPS) is 13.3. The van der Waals surface area contributed by atoms with Crippen LogP contribution in [0.25, 0.3) is 33.3 Å². The van der Waals surface area contributed by atoms with Crippen molar-refractivity contribution in [1.82, 2.24) is 19.9 Å². The average molecular weight is 438 g/mol. The molecule has 0 aliphatic carbocycles. The second-order valence-electron chi connectivity index (χ2n) is 8.17. The van der Waals surface area contributed by atoms with Crippen LogP contribution in [0.4, 0.5) is 11.6 Å². The van der Waals surface area contributed by atoms with Gasteiger partial charge in [-0.2, -0.15) is 11.3 Å². The second-order valence-corrected chi connectivity index (χ2v) is 8.95. The van der Waals surface area contributed by atoms with E-state index in [2.05, 4.69) is 92.7 Å². The van der Waals surface area contributed by atoms with Gasteiger partial charge in [-0.15, -0.1) is 0 Å². The second kappa shape index (κ2) is 7.89. The molecule has 4 heterocycles. The number of anilines is 2. The Bertz CT molecular complexity index is 1420. The highest BCUT2D eigenvalue weighted by molar-refractivity contribution is 7.08. The Balaban J connectivity index is 1.46. The minimum absolute atomic E-state index is 0.612. The fourth-order valence-electron chi connectivity index (χ4n) is 4.49. The van der Waals surface area contributed by atoms with Crippen LogP contribution in [0.1, 0.15) is 11.1 Å². The first-order valence-electron chi connectivity index (χ1n) is 10.8. The lowest BCUT2D eigenvalue weighted by Crippen LogP contribution is -2.23. The molecule has 0 saturated carbocycles. The first-order valence-corrected chi connectivity index (χ1v) is 11.7. The van der Waals surface area contributed by atoms with Crippen LogP contribution < -0.4 is 10.6 Å². The number of aromatic nitrogens is 3. The van der Waals surface area contributed by atoms with E-state index in [1.165, 1.54) is 22.0 Å². The van der Waals surface area contributed by atoms with Crippen molar-refractivity contribution in [2.24, 2.45) is 7.05 Å². The monoisotopic (exact) mass is 437 g/mol. The molecule has 0 bridgehead atoms. The Labute approximate surface area is 190 Å². The zero-order chi connectivity index (χ0) is 21.5. The van der Waals surface area contributed by atoms with Crippen LogP contribution in [-0.2, 0) is 20.0 Å². The van der Waals surface area contributed by atoms with Crippen molar-refractivity contribution in [2.75, 3.05) is 11.9 Å². The van der Waals surface area contributed by atoms with Gasteiger partial charge in [0.15, 0.2) is 0 Å². The number of para-hydroxylation sites is 1. The highest BCUT2D eigenvalue weighted by Crippen LogP contribution is 2.37. The van der Waals surface area contributed by atoms with Crippen LogP contribution >= 0.6 is 11.3 Å². The van der Waals surface area contributed by atoms with Crippen molar-refractivity contribution >= 4 is 33.9 Å². The summed E-state index contributed by atoms with van der Waals surface area (Å²) in [6.45, 7) is 1.96. The van der Waals surface area contributed by atoms with Gasteiger partial charge in [0.1, 0.15) is 0 Å². The lowest BCUT2D eigenvalue weighted by Gasteiger charge is -2.18. The van der Waals surface area contributed by atoms with Crippen molar-refractivity contribution in [1.29, 1.82) is 0 Å². The van der Waals surface area contributed by atoms with E-state index in [0.717, 1.165) is 47.6 Å². The lowest BCUT2D eigenvalue weighted by atomic mass is 10.0. The third-order valence-corrected chi connectivity index (χ3v) is 6.81. The molecule has 6 rings (SSSR count). The fourth-order valence-corrected chi connectivity index (χ4v) is 5.15. The van der Waals surface area contributed by atoms with Gasteiger partial charge in [-0.25, -0.2) is 9.97 Å². The number of benzene rings is 2. The zero-order valence-electron chi connectivity index (χ0n) is 17.8. The minimum atomic E-state index is 0.612. The Morgan fingerprint density at radius 3 is 2.91 bits per heavy atom. The Kier molecular flexibility index (Phi) is 4.74. The van der Waals surface area contributed by atoms with Crippen LogP contribution in [0, 0.1) is 0 Å². The van der Waals surface area contributed by atoms with Crippen LogP contribution in [0.3, 0.4) is 0 Å². The summed E-state index contributed by atoms with van der Waals surface area (Å²) in [7, 11) is 2.08. The fraction of sp³-hybridized carbons (Fsp3) is 0.154. The standard InChI is InChI=1S/C26H23N5S/c1-31-15-23(21-4-2-3-5-24(21)31)25-22(19-9-11-32-16-19)14-28-26(30-25)29-20-7-6-18-13-27-10-8-17(18)12-20/h2-7,9,11-12,14-16,27H,8,10,13H2,1H3,(H,28,29,30). The van der Waals surface area contributed by atoms with Crippen LogP contribution in [-0.4, -0.2) is 21.1 Å². The number of thiophene rings is 1. The van der Waals surface area contributed by atoms with Gasteiger partial charge in [0.25, 0.3) is 0 Å². The van der Waals surface area contributed by atoms with E-state index >= 15 is 0 Å². The summed E-state index contributed by atoms with van der Waals surface area (Å²) in [6.07, 6.45) is 5.15. The van der Waals surface area contributed by atoms with Crippen molar-refractivity contribution < 1.29 is 0 Å². The number of hydrogen-bond donors (Lipinski definition) is 2. The summed E-state index contributed by atoms with van der Waals surface area (Å²) in [5, 5.41) is 12.3. The minimum Gasteiger partial charge on any atom is -0.350 e. The molecule has 0 unspecified atom stereocenters. The predicted octanol–water partition coefficient (Wildman–Crippen LogP) is 5.75. The van der Waals surface area contributed by atoms with E-state index in [1.54, 1.807) is 11.3 Å². The summed E-state index contributed by atoms with van der Waals surface area (Å²) in [5.74, 6) is 0.612. The third-order valence-electron chi connectivity index (χ3n) is 6.12. The SMILES string of the molecule is Cn1cc(-c2nc(Nc3ccc4c(c3)CCNC4)ncc2-c2ccsc2)c2ccccc21. The van der Waals surface area contributed by atoms with Crippen molar-refractivity contribution in [3.8, 4) is 22.4 Å². The van der Waals surface area contributed by atoms with E-state index < -0.39 is 0 Å². The summed E-state index contributed by atoms with van der Waals surface area (Å²) in [5.41, 5.74) is 9.22. The Hall–Kier alpha value is -3.48. The molecule has 158 valence electrons. The maximum absolute atomic E-state index is 5.03. The van der Waals surface area contributed by atoms with Crippen LogP contribution in [0.5, 0.6) is 0 Å². The van der Waals surface area contributed by atoms with Gasteiger partial charge in [0, 0.05) is 53.7 Å². The highest BCUT2D eigenvalue weighted by atomic mass is 32.1. The molecule has 0 radical (unpaired) electrons. The van der Waals surface area contributed by atoms with E-state index in [4.69, 9.17) is 4.98 Å². The van der Waals surface area contributed by atoms with E-state index in [-0.39, 0.29) is 0 Å². The number of nitrogens with zero attached hydrogens (tertiary/aromatic N) is 3. The zero-order valence-corrected chi connectivity index (χ0v) is 18.6. The number of aryl methyl sites for hydroxylation is 1. The molecule has 0 amide bonds. The van der Waals surface area contributed by atoms with Gasteiger partial charge in [0.2, 0.25) is 5.95 Å². The molecule has 1 aliphatic rings. The number of nitrogens with one attached hydrogen (secondary N) is 2. The molecule has 2 N–H and O–H groups in total. The average Bonchev–Trinajstić information content (AvgIpc) is 3.48. The molecule has 5 nitrogen and oxygen atoms in total. The lowest BCUT2D eigenvalue weighted by molar-refractivity contribution is 0.644. The maximum Gasteiger partial charge on any atom is 0.227 e. The molecule has 0 spiro atoms. The van der Waals surface area contributed by atoms with Gasteiger partial charge in [-0.3, -0.25) is 0 Å². The topological polar surface area (TPSA) is 54.8 Å². The molecule has 0 atom stereocenters. The molecule has 1 aliphatic heterocycles. The van der Waals surface area contributed by atoms with E-state index in [0.29, 0.717) is 5.95 Å². The third kappa shape index (κ3) is 3.38. The van der Waals surface area contributed by atoms with Gasteiger partial charge < -0.3 is 15.2 Å². The molecule has 5 aromatic rings. The largest absolute Gasteiger partial charge is 0.350 e. The molecular weight excluding hydrogens is 414 g/mol. The summed E-state index contributed by atoms with van der Waals surface area (Å²) < 4.78 is 2.16. The number of rotatable bonds is 4. The molecule has 6 heteroatoms. The van der Waals surface area contributed by atoms with Crippen molar-refractivity contribution in [3.63, 3.8) is 0 Å². The number of hydrogen-bond acceptors (Lipinski definition) is 5. The van der Waals surface area contributed by atoms with E-state index in [9.17, 15) is 0 Å². The van der Waals surface area contributed by atoms with Gasteiger partial charge >= 0.3 is 0 Å². The first kappa shape index (κ1) is 19.2. The molecule has 3 aromatic heterocycles. The number of fused-ring (bicyclic) bond motifs is 2. The summed E-state index contributed by atoms with van der Waals surface area (Å²) >= 11 is 1.69. The smallest absolute Gasteiger partial charge is 0.227 e. The van der Waals surface area contributed by atoms with Gasteiger partial charge in [0.05, 0.1) is 5.69 Å². The van der Waals surface area contributed by atoms with Crippen molar-refractivity contribution in [2.45, 2.75) is 13.0 Å². The summed E-state index contributed by atoms with van der Waals surface area (Å²) in [4.78, 5) is 9.70. The molecule has 2 aromatic carbocycles.